The molecule has 3 N–H and O–H groups in total. The lowest BCUT2D eigenvalue weighted by Gasteiger charge is -2.16. The second kappa shape index (κ2) is 9.13. The number of carbonyl (C=O) groups is 2. The van der Waals surface area contributed by atoms with Crippen LogP contribution in [0.15, 0.2) is 48.5 Å². The van der Waals surface area contributed by atoms with E-state index in [1.165, 1.54) is 19.1 Å². The van der Waals surface area contributed by atoms with E-state index in [0.29, 0.717) is 5.01 Å². The van der Waals surface area contributed by atoms with Crippen LogP contribution in [0.5, 0.6) is 0 Å². The van der Waals surface area contributed by atoms with E-state index in [2.05, 4.69) is 26.1 Å². The summed E-state index contributed by atoms with van der Waals surface area (Å²) in [5, 5.41) is 15.7. The van der Waals surface area contributed by atoms with Gasteiger partial charge in [-0.15, -0.1) is 10.2 Å². The highest BCUT2D eigenvalue weighted by Gasteiger charge is 2.33. The van der Waals surface area contributed by atoms with Gasteiger partial charge in [0, 0.05) is 5.56 Å². The van der Waals surface area contributed by atoms with Crippen molar-refractivity contribution >= 4 is 34.1 Å². The van der Waals surface area contributed by atoms with Crippen LogP contribution in [-0.4, -0.2) is 28.2 Å². The largest absolute Gasteiger partial charge is 0.418 e. The third-order valence-corrected chi connectivity index (χ3v) is 5.06. The number of nitrogens with one attached hydrogen (secondary N) is 3. The Morgan fingerprint density at radius 3 is 2.35 bits per heavy atom. The van der Waals surface area contributed by atoms with E-state index in [1.54, 1.807) is 0 Å². The van der Waals surface area contributed by atoms with Gasteiger partial charge in [-0.3, -0.25) is 10.1 Å². The number of benzene rings is 2. The number of carbonyl (C=O) groups excluding carboxylic acids is 2. The van der Waals surface area contributed by atoms with E-state index in [1.807, 2.05) is 31.2 Å². The van der Waals surface area contributed by atoms with Crippen molar-refractivity contribution in [1.29, 1.82) is 0 Å². The second-order valence-electron chi connectivity index (χ2n) is 6.63. The van der Waals surface area contributed by atoms with Crippen LogP contribution in [0.4, 0.5) is 28.8 Å². The third kappa shape index (κ3) is 5.79. The summed E-state index contributed by atoms with van der Waals surface area (Å²) in [6.07, 6.45) is -4.63. The average molecular weight is 449 g/mol. The molecule has 1 atom stereocenters. The van der Waals surface area contributed by atoms with Crippen molar-refractivity contribution in [2.45, 2.75) is 26.1 Å². The highest BCUT2D eigenvalue weighted by atomic mass is 32.1. The van der Waals surface area contributed by atoms with Crippen LogP contribution in [0.3, 0.4) is 0 Å². The average Bonchev–Trinajstić information content (AvgIpc) is 3.16. The molecule has 2 aromatic carbocycles. The van der Waals surface area contributed by atoms with Crippen molar-refractivity contribution in [2.24, 2.45) is 0 Å². The van der Waals surface area contributed by atoms with Crippen molar-refractivity contribution in [1.82, 2.24) is 15.5 Å². The fourth-order valence-electron chi connectivity index (χ4n) is 2.56. The number of halogens is 3. The molecule has 3 amide bonds. The van der Waals surface area contributed by atoms with Gasteiger partial charge in [0.1, 0.15) is 11.0 Å². The maximum atomic E-state index is 13.0. The molecule has 0 aliphatic rings. The summed E-state index contributed by atoms with van der Waals surface area (Å²) < 4.78 is 39.1. The molecule has 162 valence electrons. The molecule has 1 unspecified atom stereocenters. The summed E-state index contributed by atoms with van der Waals surface area (Å²) in [5.74, 6) is -0.592. The van der Waals surface area contributed by atoms with Crippen LogP contribution in [0.1, 0.15) is 18.1 Å². The van der Waals surface area contributed by atoms with Crippen LogP contribution < -0.4 is 16.0 Å². The minimum atomic E-state index is -4.63. The zero-order valence-corrected chi connectivity index (χ0v) is 17.3. The van der Waals surface area contributed by atoms with E-state index in [9.17, 15) is 22.8 Å². The van der Waals surface area contributed by atoms with Gasteiger partial charge in [0.15, 0.2) is 0 Å². The van der Waals surface area contributed by atoms with Crippen LogP contribution in [0.25, 0.3) is 10.6 Å². The predicted octanol–water partition coefficient (Wildman–Crippen LogP) is 4.68. The number of alkyl halides is 3. The van der Waals surface area contributed by atoms with Crippen molar-refractivity contribution in [2.75, 3.05) is 10.6 Å². The van der Waals surface area contributed by atoms with Crippen LogP contribution >= 0.6 is 11.3 Å². The van der Waals surface area contributed by atoms with E-state index < -0.39 is 35.4 Å². The summed E-state index contributed by atoms with van der Waals surface area (Å²) in [5.41, 5.74) is 0.544. The molecule has 0 spiro atoms. The Morgan fingerprint density at radius 2 is 1.68 bits per heavy atom. The number of para-hydroxylation sites is 1. The molecule has 3 aromatic rings. The molecule has 7 nitrogen and oxygen atoms in total. The standard InChI is InChI=1S/C20H18F3N5O2S/c1-11-7-9-13(10-8-11)17-27-28-19(31-17)26-16(29)12(2)24-18(30)25-15-6-4-3-5-14(15)20(21,22)23/h3-10,12H,1-2H3,(H2,24,25,30)(H,26,28,29). The fourth-order valence-corrected chi connectivity index (χ4v) is 3.31. The number of amides is 3. The number of nitrogens with zero attached hydrogens (tertiary/aromatic N) is 2. The molecule has 0 radical (unpaired) electrons. The van der Waals surface area contributed by atoms with Crippen molar-refractivity contribution in [3.8, 4) is 10.6 Å². The maximum absolute atomic E-state index is 13.0. The van der Waals surface area contributed by atoms with Gasteiger partial charge in [0.25, 0.3) is 0 Å². The molecule has 3 rings (SSSR count). The quantitative estimate of drug-likeness (QED) is 0.527. The number of anilines is 2. The van der Waals surface area contributed by atoms with Crippen molar-refractivity contribution < 1.29 is 22.8 Å². The van der Waals surface area contributed by atoms with E-state index in [4.69, 9.17) is 0 Å². The van der Waals surface area contributed by atoms with E-state index in [-0.39, 0.29) is 5.13 Å². The van der Waals surface area contributed by atoms with Crippen molar-refractivity contribution in [3.63, 3.8) is 0 Å². The smallest absolute Gasteiger partial charge is 0.326 e. The summed E-state index contributed by atoms with van der Waals surface area (Å²) in [6.45, 7) is 3.36. The normalized spacial score (nSPS) is 12.2. The minimum absolute atomic E-state index is 0.233. The van der Waals surface area contributed by atoms with Gasteiger partial charge in [-0.2, -0.15) is 13.2 Å². The molecule has 0 bridgehead atoms. The molecule has 11 heteroatoms. The number of aryl methyl sites for hydroxylation is 1. The maximum Gasteiger partial charge on any atom is 0.418 e. The van der Waals surface area contributed by atoms with E-state index in [0.717, 1.165) is 34.6 Å². The Balaban J connectivity index is 1.59. The highest BCUT2D eigenvalue weighted by molar-refractivity contribution is 7.18. The minimum Gasteiger partial charge on any atom is -0.326 e. The third-order valence-electron chi connectivity index (χ3n) is 4.18. The summed E-state index contributed by atoms with van der Waals surface area (Å²) in [4.78, 5) is 24.4. The van der Waals surface area contributed by atoms with Gasteiger partial charge >= 0.3 is 12.2 Å². The van der Waals surface area contributed by atoms with Crippen LogP contribution in [-0.2, 0) is 11.0 Å². The number of aromatic nitrogens is 2. The topological polar surface area (TPSA) is 96.0 Å². The van der Waals surface area contributed by atoms with Gasteiger partial charge < -0.3 is 10.6 Å². The molecule has 0 saturated heterocycles. The Bertz CT molecular complexity index is 1080. The van der Waals surface area contributed by atoms with Crippen molar-refractivity contribution in [3.05, 3.63) is 59.7 Å². The van der Waals surface area contributed by atoms with E-state index >= 15 is 0 Å². The molecular weight excluding hydrogens is 431 g/mol. The first-order valence-electron chi connectivity index (χ1n) is 9.08. The number of hydrogen-bond acceptors (Lipinski definition) is 5. The first-order chi connectivity index (χ1) is 14.6. The van der Waals surface area contributed by atoms with Crippen LogP contribution in [0.2, 0.25) is 0 Å². The van der Waals surface area contributed by atoms with Gasteiger partial charge in [0.2, 0.25) is 11.0 Å². The molecule has 31 heavy (non-hydrogen) atoms. The Kier molecular flexibility index (Phi) is 6.54. The summed E-state index contributed by atoms with van der Waals surface area (Å²) in [6, 6.07) is 10.2. The first kappa shape index (κ1) is 22.2. The summed E-state index contributed by atoms with van der Waals surface area (Å²) >= 11 is 1.16. The second-order valence-corrected chi connectivity index (χ2v) is 7.61. The predicted molar refractivity (Wildman–Crippen MR) is 112 cm³/mol. The zero-order valence-electron chi connectivity index (χ0n) is 16.4. The van der Waals surface area contributed by atoms with Gasteiger partial charge in [0.05, 0.1) is 11.3 Å². The fraction of sp³-hybridized carbons (Fsp3) is 0.200. The molecule has 0 aliphatic carbocycles. The number of urea groups is 1. The Hall–Kier alpha value is -3.47. The lowest BCUT2D eigenvalue weighted by molar-refractivity contribution is -0.137. The highest BCUT2D eigenvalue weighted by Crippen LogP contribution is 2.34. The number of rotatable bonds is 5. The Morgan fingerprint density at radius 1 is 1.00 bits per heavy atom. The molecule has 0 aliphatic heterocycles. The lowest BCUT2D eigenvalue weighted by Crippen LogP contribution is -2.43. The molecule has 0 fully saturated rings. The van der Waals surface area contributed by atoms with Gasteiger partial charge in [-0.25, -0.2) is 4.79 Å². The first-order valence-corrected chi connectivity index (χ1v) is 9.90. The monoisotopic (exact) mass is 449 g/mol. The number of hydrogen-bond donors (Lipinski definition) is 3. The zero-order chi connectivity index (χ0) is 22.6. The van der Waals surface area contributed by atoms with Gasteiger partial charge in [-0.05, 0) is 26.0 Å². The molecule has 0 saturated carbocycles. The SMILES string of the molecule is Cc1ccc(-c2nnc(NC(=O)C(C)NC(=O)Nc3ccccc3C(F)(F)F)s2)cc1. The molecular formula is C20H18F3N5O2S. The molecule has 1 heterocycles. The molecule has 1 aromatic heterocycles. The van der Waals surface area contributed by atoms with Crippen LogP contribution in [0, 0.1) is 6.92 Å². The Labute approximate surface area is 179 Å². The summed E-state index contributed by atoms with van der Waals surface area (Å²) in [7, 11) is 0. The van der Waals surface area contributed by atoms with Gasteiger partial charge in [-0.1, -0.05) is 53.3 Å². The lowest BCUT2D eigenvalue weighted by atomic mass is 10.1.